The average molecular weight is 1230 g/mol. The number of hydrogen-bond acceptors (Lipinski definition) is 15. The molecule has 2 aliphatic carbocycles. The van der Waals surface area contributed by atoms with Gasteiger partial charge < -0.3 is 96.2 Å². The summed E-state index contributed by atoms with van der Waals surface area (Å²) < 4.78 is 0. The predicted octanol–water partition coefficient (Wildman–Crippen LogP) is -3.65. The highest BCUT2D eigenvalue weighted by Crippen LogP contribution is 2.34. The second kappa shape index (κ2) is 33.2. The fourth-order valence-corrected chi connectivity index (χ4v) is 10.9. The van der Waals surface area contributed by atoms with Crippen molar-refractivity contribution in [3.63, 3.8) is 0 Å². The SMILES string of the molecule is CN=C(N)NCCC[C@H](NC(=O)[C@H](CC1CC1)NC(=O)CNC(=O)[C@H](CC1CCCCC1)NC(=O)[C@H](CN)NC(=O)[C@H](CNC(N)=O)NC(=O)[C@@H]1CC(O)CN1C(=O)[C@@H](Cc1ccc(O)cc1)NC(C)=O)C(=O)N[C@@H](Cc1c[nH]c2ccccc12)C(N)=O. The summed E-state index contributed by atoms with van der Waals surface area (Å²) >= 11 is 0. The minimum Gasteiger partial charge on any atom is -0.508 e. The second-order valence-corrected chi connectivity index (χ2v) is 22.7. The highest BCUT2D eigenvalue weighted by atomic mass is 16.3. The van der Waals surface area contributed by atoms with Crippen LogP contribution in [0, 0.1) is 11.8 Å². The van der Waals surface area contributed by atoms with Crippen molar-refractivity contribution in [3.05, 3.63) is 65.9 Å². The third-order valence-corrected chi connectivity index (χ3v) is 15.8. The quantitative estimate of drug-likeness (QED) is 0.0163. The van der Waals surface area contributed by atoms with Crippen LogP contribution < -0.4 is 76.1 Å². The van der Waals surface area contributed by atoms with Crippen LogP contribution in [0.2, 0.25) is 0 Å². The first kappa shape index (κ1) is 68.1. The summed E-state index contributed by atoms with van der Waals surface area (Å²) in [5.41, 5.74) is 25.1. The smallest absolute Gasteiger partial charge is 0.312 e. The lowest BCUT2D eigenvalue weighted by atomic mass is 9.84. The monoisotopic (exact) mass is 1230 g/mol. The van der Waals surface area contributed by atoms with E-state index in [9.17, 15) is 63.0 Å². The first-order chi connectivity index (χ1) is 42.0. The van der Waals surface area contributed by atoms with Crippen LogP contribution in [0.3, 0.4) is 0 Å². The van der Waals surface area contributed by atoms with Gasteiger partial charge in [0.05, 0.1) is 12.6 Å². The number of nitrogens with two attached hydrogens (primary N) is 4. The maximum atomic E-state index is 14.2. The lowest BCUT2D eigenvalue weighted by molar-refractivity contribution is -0.142. The van der Waals surface area contributed by atoms with Crippen LogP contribution in [0.1, 0.15) is 95.1 Å². The summed E-state index contributed by atoms with van der Waals surface area (Å²) in [6, 6.07) is 1.58. The molecule has 21 N–H and O–H groups in total. The lowest BCUT2D eigenvalue weighted by Crippen LogP contribution is -2.62. The number of carbonyl (C=O) groups is 11. The van der Waals surface area contributed by atoms with Crippen LogP contribution in [0.5, 0.6) is 5.75 Å². The van der Waals surface area contributed by atoms with Crippen LogP contribution in [-0.2, 0) is 60.8 Å². The molecule has 480 valence electrons. The summed E-state index contributed by atoms with van der Waals surface area (Å²) in [6.45, 7) is -0.655. The molecule has 0 radical (unpaired) electrons. The molecule has 88 heavy (non-hydrogen) atoms. The summed E-state index contributed by atoms with van der Waals surface area (Å²) in [4.78, 5) is 157. The highest BCUT2D eigenvalue weighted by Gasteiger charge is 2.43. The van der Waals surface area contributed by atoms with E-state index < -0.39 is 139 Å². The van der Waals surface area contributed by atoms with Gasteiger partial charge >= 0.3 is 6.03 Å². The van der Waals surface area contributed by atoms with Crippen LogP contribution in [-0.4, -0.2) is 185 Å². The predicted molar refractivity (Wildman–Crippen MR) is 321 cm³/mol. The normalized spacial score (nSPS) is 18.4. The maximum Gasteiger partial charge on any atom is 0.312 e. The number of urea groups is 1. The van der Waals surface area contributed by atoms with Crippen molar-refractivity contribution < 1.29 is 63.0 Å². The van der Waals surface area contributed by atoms with E-state index in [1.165, 1.54) is 26.1 Å². The fraction of sp³-hybridized carbons (Fsp3) is 0.552. The summed E-state index contributed by atoms with van der Waals surface area (Å²) in [5, 5.41) is 47.3. The Morgan fingerprint density at radius 2 is 1.28 bits per heavy atom. The van der Waals surface area contributed by atoms with Crippen LogP contribution in [0.25, 0.3) is 10.9 Å². The number of phenols is 1. The maximum absolute atomic E-state index is 14.2. The van der Waals surface area contributed by atoms with Crippen molar-refractivity contribution in [3.8, 4) is 5.75 Å². The number of β-amino-alcohol motifs (C(OH)–C–C–N with tert-alkyl or cyclic N) is 1. The number of fused-ring (bicyclic) bond motifs is 1. The number of aromatic nitrogens is 1. The van der Waals surface area contributed by atoms with Crippen molar-refractivity contribution in [1.29, 1.82) is 0 Å². The van der Waals surface area contributed by atoms with E-state index in [0.29, 0.717) is 12.0 Å². The Morgan fingerprint density at radius 1 is 0.670 bits per heavy atom. The molecule has 2 aromatic carbocycles. The van der Waals surface area contributed by atoms with Crippen molar-refractivity contribution in [1.82, 2.24) is 63.1 Å². The van der Waals surface area contributed by atoms with E-state index in [2.05, 4.69) is 63.1 Å². The van der Waals surface area contributed by atoms with Gasteiger partial charge in [0.15, 0.2) is 5.96 Å². The number of phenolic OH excluding ortho intramolecular Hbond substituents is 1. The second-order valence-electron chi connectivity index (χ2n) is 22.7. The number of benzene rings is 2. The number of hydrogen-bond donors (Lipinski definition) is 17. The number of nitrogens with one attached hydrogen (secondary N) is 11. The van der Waals surface area contributed by atoms with Gasteiger partial charge in [0, 0.05) is 76.5 Å². The molecule has 9 atom stereocenters. The fourth-order valence-electron chi connectivity index (χ4n) is 10.9. The number of aliphatic imine (C=N–C) groups is 1. The number of amides is 12. The standard InChI is InChI=1S/C58H85N17O13/c1-31(76)68-44(23-34-16-18-36(77)19-17-34)56(87)75-30-37(78)25-47(75)55(86)74-46(28-67-58(62)88)54(85)73-45(26-59)53(84)72-42(21-32-9-4-3-5-10-32)50(81)66-29-48(79)69-43(22-33-14-15-33)52(83)70-40(13-8-20-64-57(61)63-2)51(82)71-41(49(60)80)24-35-27-65-39-12-7-6-11-38(35)39/h6-7,11-12,16-19,27,32-33,37,40-47,65,77-78H,3-5,8-10,13-15,20-26,28-30,59H2,1-2H3,(H2,60,80)(H,66,81)(H,68,76)(H,69,79)(H,70,83)(H,71,82)(H,72,84)(H,73,85)(H,74,86)(H3,61,63,64)(H3,62,67,88)/t37?,40-,41-,42-,43-,44+,45-,46-,47-/m0/s1. The van der Waals surface area contributed by atoms with E-state index in [1.54, 1.807) is 18.3 Å². The number of guanidine groups is 1. The number of nitrogens with zero attached hydrogens (tertiary/aromatic N) is 2. The Hall–Kier alpha value is -9.06. The molecule has 1 unspecified atom stereocenters. The van der Waals surface area contributed by atoms with E-state index in [1.807, 2.05) is 24.3 Å². The van der Waals surface area contributed by atoms with Gasteiger partial charge in [0.1, 0.15) is 54.1 Å². The molecule has 3 aliphatic rings. The first-order valence-electron chi connectivity index (χ1n) is 29.7. The van der Waals surface area contributed by atoms with E-state index >= 15 is 0 Å². The topological polar surface area (TPSA) is 484 Å². The molecule has 30 heteroatoms. The number of aromatic hydroxyl groups is 1. The zero-order valence-corrected chi connectivity index (χ0v) is 49.6. The van der Waals surface area contributed by atoms with Gasteiger partial charge in [0.2, 0.25) is 59.1 Å². The molecule has 30 nitrogen and oxygen atoms in total. The third-order valence-electron chi connectivity index (χ3n) is 15.8. The summed E-state index contributed by atoms with van der Waals surface area (Å²) in [5.74, 6) is -7.79. The minimum absolute atomic E-state index is 0.0256. The Bertz CT molecular complexity index is 2990. The molecule has 1 aliphatic heterocycles. The Morgan fingerprint density at radius 3 is 1.93 bits per heavy atom. The van der Waals surface area contributed by atoms with Crippen LogP contribution in [0.4, 0.5) is 4.79 Å². The molecule has 12 amide bonds. The summed E-state index contributed by atoms with van der Waals surface area (Å²) in [6.07, 6.45) is 6.70. The van der Waals surface area contributed by atoms with Gasteiger partial charge in [-0.1, -0.05) is 75.3 Å². The average Bonchev–Trinajstić information content (AvgIpc) is 3.20. The largest absolute Gasteiger partial charge is 0.508 e. The Kier molecular flexibility index (Phi) is 25.7. The van der Waals surface area contributed by atoms with Crippen molar-refractivity contribution in [2.24, 2.45) is 39.8 Å². The van der Waals surface area contributed by atoms with Gasteiger partial charge in [-0.05, 0) is 66.8 Å². The van der Waals surface area contributed by atoms with E-state index in [-0.39, 0.29) is 75.2 Å². The number of carbonyl (C=O) groups excluding carboxylic acids is 11. The molecule has 0 spiro atoms. The number of aliphatic hydroxyl groups excluding tert-OH is 1. The van der Waals surface area contributed by atoms with Gasteiger partial charge in [0.25, 0.3) is 0 Å². The number of likely N-dealkylation sites (tertiary alicyclic amines) is 1. The van der Waals surface area contributed by atoms with E-state index in [4.69, 9.17) is 22.9 Å². The van der Waals surface area contributed by atoms with Crippen molar-refractivity contribution >= 4 is 82.0 Å². The van der Waals surface area contributed by atoms with Crippen LogP contribution in [0.15, 0.2) is 59.7 Å². The third kappa shape index (κ3) is 21.1. The Balaban J connectivity index is 1.10. The molecule has 0 bridgehead atoms. The number of primary amides is 2. The van der Waals surface area contributed by atoms with Crippen molar-refractivity contribution in [2.45, 2.75) is 151 Å². The van der Waals surface area contributed by atoms with E-state index in [0.717, 1.165) is 66.3 Å². The highest BCUT2D eigenvalue weighted by molar-refractivity contribution is 5.99. The lowest BCUT2D eigenvalue weighted by Gasteiger charge is -2.30. The number of H-pyrrole nitrogens is 1. The zero-order valence-electron chi connectivity index (χ0n) is 49.6. The molecular formula is C58H85N17O13. The first-order valence-corrected chi connectivity index (χ1v) is 29.7. The molecule has 2 heterocycles. The number of aromatic amines is 1. The zero-order chi connectivity index (χ0) is 64.0. The minimum atomic E-state index is -1.66. The molecule has 1 saturated heterocycles. The molecule has 3 fully saturated rings. The van der Waals surface area contributed by atoms with Gasteiger partial charge in [-0.2, -0.15) is 0 Å². The molecular weight excluding hydrogens is 1140 g/mol. The molecule has 3 aromatic rings. The number of para-hydroxylation sites is 1. The molecule has 6 rings (SSSR count). The number of rotatable bonds is 32. The Labute approximate surface area is 508 Å². The van der Waals surface area contributed by atoms with Gasteiger partial charge in [-0.25, -0.2) is 4.79 Å². The van der Waals surface area contributed by atoms with Crippen molar-refractivity contribution in [2.75, 3.05) is 39.8 Å². The summed E-state index contributed by atoms with van der Waals surface area (Å²) in [7, 11) is 1.50. The molecule has 2 saturated carbocycles. The molecule has 1 aromatic heterocycles. The van der Waals surface area contributed by atoms with Gasteiger partial charge in [-0.15, -0.1) is 0 Å². The number of aliphatic hydroxyl groups is 1. The van der Waals surface area contributed by atoms with Gasteiger partial charge in [-0.3, -0.25) is 52.9 Å². The van der Waals surface area contributed by atoms with Crippen LogP contribution >= 0.6 is 0 Å².